The summed E-state index contributed by atoms with van der Waals surface area (Å²) in [5.74, 6) is 0.226. The molecule has 3 N–H and O–H groups in total. The number of carbonyl (C=O) groups is 1. The van der Waals surface area contributed by atoms with E-state index in [0.29, 0.717) is 11.5 Å². The smallest absolute Gasteiger partial charge is 0.248 e. The number of hydrogen-bond acceptors (Lipinski definition) is 2. The summed E-state index contributed by atoms with van der Waals surface area (Å²) in [5, 5.41) is 3.38. The Labute approximate surface area is 89.7 Å². The third-order valence-electron chi connectivity index (χ3n) is 2.96. The lowest BCUT2D eigenvalue weighted by Gasteiger charge is -2.23. The van der Waals surface area contributed by atoms with Crippen molar-refractivity contribution in [3.05, 3.63) is 35.4 Å². The molecule has 1 amide bonds. The molecule has 1 heterocycles. The van der Waals surface area contributed by atoms with Crippen molar-refractivity contribution in [3.8, 4) is 0 Å². The first-order chi connectivity index (χ1) is 7.27. The standard InChI is InChI=1S/C12H16N2O/c13-12(15)10-5-3-9(4-6-10)11-2-1-7-14-8-11/h3-6,11,14H,1-2,7-8H2,(H2,13,15)/t11-/m1/s1. The maximum atomic E-state index is 10.9. The highest BCUT2D eigenvalue weighted by molar-refractivity contribution is 5.92. The summed E-state index contributed by atoms with van der Waals surface area (Å²) in [6.07, 6.45) is 2.45. The van der Waals surface area contributed by atoms with Crippen LogP contribution in [0.4, 0.5) is 0 Å². The van der Waals surface area contributed by atoms with Crippen molar-refractivity contribution in [2.45, 2.75) is 18.8 Å². The molecule has 0 bridgehead atoms. The zero-order chi connectivity index (χ0) is 10.7. The fourth-order valence-electron chi connectivity index (χ4n) is 2.06. The molecule has 80 valence electrons. The molecule has 3 nitrogen and oxygen atoms in total. The Morgan fingerprint density at radius 2 is 2.07 bits per heavy atom. The third-order valence-corrected chi connectivity index (χ3v) is 2.96. The largest absolute Gasteiger partial charge is 0.366 e. The second-order valence-electron chi connectivity index (χ2n) is 4.03. The van der Waals surface area contributed by atoms with E-state index in [1.54, 1.807) is 0 Å². The maximum absolute atomic E-state index is 10.9. The molecule has 1 aromatic rings. The number of amides is 1. The topological polar surface area (TPSA) is 55.1 Å². The van der Waals surface area contributed by atoms with Crippen molar-refractivity contribution < 1.29 is 4.79 Å². The molecule has 1 aliphatic rings. The van der Waals surface area contributed by atoms with Gasteiger partial charge in [0, 0.05) is 12.1 Å². The molecule has 0 aromatic heterocycles. The van der Waals surface area contributed by atoms with E-state index < -0.39 is 0 Å². The van der Waals surface area contributed by atoms with Gasteiger partial charge in [-0.1, -0.05) is 12.1 Å². The van der Waals surface area contributed by atoms with Crippen LogP contribution < -0.4 is 11.1 Å². The number of benzene rings is 1. The van der Waals surface area contributed by atoms with Gasteiger partial charge in [0.05, 0.1) is 0 Å². The Hall–Kier alpha value is -1.35. The minimum Gasteiger partial charge on any atom is -0.366 e. The van der Waals surface area contributed by atoms with E-state index in [4.69, 9.17) is 5.73 Å². The quantitative estimate of drug-likeness (QED) is 0.761. The van der Waals surface area contributed by atoms with Gasteiger partial charge in [0.2, 0.25) is 5.91 Å². The van der Waals surface area contributed by atoms with Crippen LogP contribution in [0.3, 0.4) is 0 Å². The molecular formula is C12H16N2O. The number of hydrogen-bond donors (Lipinski definition) is 2. The van der Waals surface area contributed by atoms with E-state index in [-0.39, 0.29) is 5.91 Å². The number of nitrogens with one attached hydrogen (secondary N) is 1. The zero-order valence-corrected chi connectivity index (χ0v) is 8.70. The first-order valence-corrected chi connectivity index (χ1v) is 5.38. The van der Waals surface area contributed by atoms with E-state index in [1.165, 1.54) is 18.4 Å². The average Bonchev–Trinajstić information content (AvgIpc) is 2.30. The number of nitrogens with two attached hydrogens (primary N) is 1. The first kappa shape index (κ1) is 10.2. The molecule has 1 aliphatic heterocycles. The highest BCUT2D eigenvalue weighted by Gasteiger charge is 2.14. The predicted molar refractivity (Wildman–Crippen MR) is 59.8 cm³/mol. The van der Waals surface area contributed by atoms with Gasteiger partial charge in [-0.3, -0.25) is 4.79 Å². The normalized spacial score (nSPS) is 21.2. The van der Waals surface area contributed by atoms with Crippen LogP contribution in [0.15, 0.2) is 24.3 Å². The van der Waals surface area contributed by atoms with E-state index in [0.717, 1.165) is 13.1 Å². The lowest BCUT2D eigenvalue weighted by Crippen LogP contribution is -2.28. The van der Waals surface area contributed by atoms with Gasteiger partial charge in [-0.05, 0) is 43.0 Å². The molecule has 0 saturated carbocycles. The van der Waals surface area contributed by atoms with Crippen molar-refractivity contribution in [2.24, 2.45) is 5.73 Å². The summed E-state index contributed by atoms with van der Waals surface area (Å²) < 4.78 is 0. The molecule has 1 saturated heterocycles. The fraction of sp³-hybridized carbons (Fsp3) is 0.417. The summed E-state index contributed by atoms with van der Waals surface area (Å²) in [5.41, 5.74) is 7.08. The number of rotatable bonds is 2. The van der Waals surface area contributed by atoms with Gasteiger partial charge in [0.1, 0.15) is 0 Å². The Morgan fingerprint density at radius 3 is 2.60 bits per heavy atom. The minimum absolute atomic E-state index is 0.358. The van der Waals surface area contributed by atoms with Crippen LogP contribution in [0.5, 0.6) is 0 Å². The summed E-state index contributed by atoms with van der Waals surface area (Å²) in [4.78, 5) is 10.9. The fourth-order valence-corrected chi connectivity index (χ4v) is 2.06. The Morgan fingerprint density at radius 1 is 1.33 bits per heavy atom. The van der Waals surface area contributed by atoms with Crippen molar-refractivity contribution in [1.29, 1.82) is 0 Å². The summed E-state index contributed by atoms with van der Waals surface area (Å²) in [6, 6.07) is 7.65. The Kier molecular flexibility index (Phi) is 3.02. The monoisotopic (exact) mass is 204 g/mol. The molecule has 0 spiro atoms. The molecule has 2 rings (SSSR count). The van der Waals surface area contributed by atoms with E-state index >= 15 is 0 Å². The van der Waals surface area contributed by atoms with Gasteiger partial charge in [-0.2, -0.15) is 0 Å². The van der Waals surface area contributed by atoms with Crippen LogP contribution in [-0.2, 0) is 0 Å². The molecule has 15 heavy (non-hydrogen) atoms. The lowest BCUT2D eigenvalue weighted by atomic mass is 9.91. The van der Waals surface area contributed by atoms with Gasteiger partial charge in [-0.15, -0.1) is 0 Å². The van der Waals surface area contributed by atoms with Gasteiger partial charge in [-0.25, -0.2) is 0 Å². The maximum Gasteiger partial charge on any atom is 0.248 e. The van der Waals surface area contributed by atoms with Crippen molar-refractivity contribution >= 4 is 5.91 Å². The third kappa shape index (κ3) is 2.36. The lowest BCUT2D eigenvalue weighted by molar-refractivity contribution is 0.100. The second-order valence-corrected chi connectivity index (χ2v) is 4.03. The number of carbonyl (C=O) groups excluding carboxylic acids is 1. The summed E-state index contributed by atoms with van der Waals surface area (Å²) in [7, 11) is 0. The van der Waals surface area contributed by atoms with Gasteiger partial charge < -0.3 is 11.1 Å². The molecule has 1 atom stereocenters. The van der Waals surface area contributed by atoms with Gasteiger partial charge in [0.15, 0.2) is 0 Å². The van der Waals surface area contributed by atoms with Crippen LogP contribution in [0, 0.1) is 0 Å². The highest BCUT2D eigenvalue weighted by Crippen LogP contribution is 2.23. The molecular weight excluding hydrogens is 188 g/mol. The van der Waals surface area contributed by atoms with Crippen LogP contribution >= 0.6 is 0 Å². The van der Waals surface area contributed by atoms with Crippen LogP contribution in [0.1, 0.15) is 34.7 Å². The highest BCUT2D eigenvalue weighted by atomic mass is 16.1. The van der Waals surface area contributed by atoms with Crippen molar-refractivity contribution in [3.63, 3.8) is 0 Å². The molecule has 0 unspecified atom stereocenters. The van der Waals surface area contributed by atoms with Gasteiger partial charge in [0.25, 0.3) is 0 Å². The summed E-state index contributed by atoms with van der Waals surface area (Å²) >= 11 is 0. The first-order valence-electron chi connectivity index (χ1n) is 5.38. The number of primary amides is 1. The number of piperidine rings is 1. The molecule has 0 aliphatic carbocycles. The molecule has 3 heteroatoms. The Balaban J connectivity index is 2.11. The van der Waals surface area contributed by atoms with E-state index in [2.05, 4.69) is 5.32 Å². The van der Waals surface area contributed by atoms with Crippen molar-refractivity contribution in [1.82, 2.24) is 5.32 Å². The van der Waals surface area contributed by atoms with E-state index in [1.807, 2.05) is 24.3 Å². The van der Waals surface area contributed by atoms with Crippen molar-refractivity contribution in [2.75, 3.05) is 13.1 Å². The summed E-state index contributed by atoms with van der Waals surface area (Å²) in [6.45, 7) is 2.16. The average molecular weight is 204 g/mol. The molecule has 1 fully saturated rings. The van der Waals surface area contributed by atoms with Crippen LogP contribution in [0.2, 0.25) is 0 Å². The molecule has 0 radical (unpaired) electrons. The minimum atomic E-state index is -0.358. The van der Waals surface area contributed by atoms with E-state index in [9.17, 15) is 4.79 Å². The van der Waals surface area contributed by atoms with Crippen LogP contribution in [-0.4, -0.2) is 19.0 Å². The van der Waals surface area contributed by atoms with Gasteiger partial charge >= 0.3 is 0 Å². The SMILES string of the molecule is NC(=O)c1ccc([C@@H]2CCCNC2)cc1. The second kappa shape index (κ2) is 4.45. The zero-order valence-electron chi connectivity index (χ0n) is 8.70. The predicted octanol–water partition coefficient (Wildman–Crippen LogP) is 1.25. The Bertz CT molecular complexity index is 339. The van der Waals surface area contributed by atoms with Crippen LogP contribution in [0.25, 0.3) is 0 Å². The molecule has 1 aromatic carbocycles.